The van der Waals surface area contributed by atoms with Crippen molar-refractivity contribution < 1.29 is 4.79 Å². The second-order valence-electron chi connectivity index (χ2n) is 9.49. The Kier molecular flexibility index (Phi) is 7.74. The highest BCUT2D eigenvalue weighted by atomic mass is 16.1. The minimum Gasteiger partial charge on any atom is -0.355 e. The monoisotopic (exact) mass is 435 g/mol. The minimum absolute atomic E-state index is 0.0160. The standard InChI is InChI=1S/C26H37N5O/c1-20-10-12-21(13-11-20)24-14-15-25(29-28-24)31-17-6-7-22(19-31)26(32)27-16-18-30(2)23-8-4-3-5-9-23/h10-15,22-23H,3-9,16-19H2,1-2H3,(H,27,32)/t22-/m1/s1. The lowest BCUT2D eigenvalue weighted by molar-refractivity contribution is -0.125. The van der Waals surface area contributed by atoms with E-state index in [2.05, 4.69) is 63.6 Å². The summed E-state index contributed by atoms with van der Waals surface area (Å²) in [4.78, 5) is 17.4. The summed E-state index contributed by atoms with van der Waals surface area (Å²) in [6.07, 6.45) is 8.59. The Bertz CT molecular complexity index is 861. The van der Waals surface area contributed by atoms with Crippen molar-refractivity contribution in [2.45, 2.75) is 57.9 Å². The Balaban J connectivity index is 1.27. The zero-order valence-electron chi connectivity index (χ0n) is 19.6. The lowest BCUT2D eigenvalue weighted by Gasteiger charge is -2.33. The summed E-state index contributed by atoms with van der Waals surface area (Å²) in [6.45, 7) is 5.37. The number of rotatable bonds is 7. The molecule has 0 unspecified atom stereocenters. The van der Waals surface area contributed by atoms with Crippen LogP contribution in [-0.4, -0.2) is 60.3 Å². The Morgan fingerprint density at radius 2 is 1.81 bits per heavy atom. The van der Waals surface area contributed by atoms with Crippen LogP contribution in [0.1, 0.15) is 50.5 Å². The van der Waals surface area contributed by atoms with Gasteiger partial charge in [-0.1, -0.05) is 49.1 Å². The van der Waals surface area contributed by atoms with Crippen LogP contribution < -0.4 is 10.2 Å². The molecule has 1 atom stereocenters. The molecular formula is C26H37N5O. The van der Waals surface area contributed by atoms with Crippen molar-refractivity contribution in [3.8, 4) is 11.3 Å². The van der Waals surface area contributed by atoms with Crippen LogP contribution in [0, 0.1) is 12.8 Å². The average Bonchev–Trinajstić information content (AvgIpc) is 2.85. The van der Waals surface area contributed by atoms with Crippen molar-refractivity contribution in [3.63, 3.8) is 0 Å². The van der Waals surface area contributed by atoms with E-state index in [-0.39, 0.29) is 11.8 Å². The van der Waals surface area contributed by atoms with Gasteiger partial charge < -0.3 is 15.1 Å². The maximum Gasteiger partial charge on any atom is 0.224 e. The zero-order valence-corrected chi connectivity index (χ0v) is 19.6. The highest BCUT2D eigenvalue weighted by Crippen LogP contribution is 2.24. The van der Waals surface area contributed by atoms with Crippen molar-refractivity contribution in [2.24, 2.45) is 5.92 Å². The molecule has 2 heterocycles. The van der Waals surface area contributed by atoms with E-state index in [1.165, 1.54) is 37.7 Å². The smallest absolute Gasteiger partial charge is 0.224 e. The Morgan fingerprint density at radius 1 is 1.03 bits per heavy atom. The number of likely N-dealkylation sites (N-methyl/N-ethyl adjacent to an activating group) is 1. The Labute approximate surface area is 192 Å². The molecule has 1 N–H and O–H groups in total. The van der Waals surface area contributed by atoms with Gasteiger partial charge in [0.1, 0.15) is 0 Å². The predicted octanol–water partition coefficient (Wildman–Crippen LogP) is 4.05. The lowest BCUT2D eigenvalue weighted by Crippen LogP contribution is -2.45. The van der Waals surface area contributed by atoms with Gasteiger partial charge in [-0.3, -0.25) is 4.79 Å². The number of aryl methyl sites for hydroxylation is 1. The van der Waals surface area contributed by atoms with Crippen molar-refractivity contribution >= 4 is 11.7 Å². The summed E-state index contributed by atoms with van der Waals surface area (Å²) in [6, 6.07) is 13.1. The molecule has 0 spiro atoms. The molecule has 1 aromatic heterocycles. The van der Waals surface area contributed by atoms with Crippen LogP contribution in [0.2, 0.25) is 0 Å². The first-order chi connectivity index (χ1) is 15.6. The van der Waals surface area contributed by atoms with E-state index in [1.807, 2.05) is 12.1 Å². The Hall–Kier alpha value is -2.47. The molecule has 172 valence electrons. The van der Waals surface area contributed by atoms with E-state index in [0.717, 1.165) is 49.6 Å². The topological polar surface area (TPSA) is 61.4 Å². The molecule has 4 rings (SSSR count). The molecule has 6 heteroatoms. The fourth-order valence-corrected chi connectivity index (χ4v) is 4.98. The van der Waals surface area contributed by atoms with Crippen LogP contribution in [0.5, 0.6) is 0 Å². The molecule has 2 aromatic rings. The summed E-state index contributed by atoms with van der Waals surface area (Å²) < 4.78 is 0. The third kappa shape index (κ3) is 5.85. The highest BCUT2D eigenvalue weighted by Gasteiger charge is 2.27. The number of benzene rings is 1. The quantitative estimate of drug-likeness (QED) is 0.711. The largest absolute Gasteiger partial charge is 0.355 e. The van der Waals surface area contributed by atoms with E-state index in [0.29, 0.717) is 12.6 Å². The van der Waals surface area contributed by atoms with Gasteiger partial charge in [0.05, 0.1) is 11.6 Å². The molecular weight excluding hydrogens is 398 g/mol. The molecule has 0 bridgehead atoms. The number of hydrogen-bond acceptors (Lipinski definition) is 5. The van der Waals surface area contributed by atoms with Gasteiger partial charge in [-0.2, -0.15) is 0 Å². The van der Waals surface area contributed by atoms with E-state index >= 15 is 0 Å². The first-order valence-corrected chi connectivity index (χ1v) is 12.2. The molecule has 2 aliphatic rings. The minimum atomic E-state index is 0.0160. The number of nitrogens with zero attached hydrogens (tertiary/aromatic N) is 4. The second-order valence-corrected chi connectivity index (χ2v) is 9.49. The summed E-state index contributed by atoms with van der Waals surface area (Å²) >= 11 is 0. The molecule has 2 fully saturated rings. The summed E-state index contributed by atoms with van der Waals surface area (Å²) in [5, 5.41) is 12.1. The highest BCUT2D eigenvalue weighted by molar-refractivity contribution is 5.79. The van der Waals surface area contributed by atoms with Crippen LogP contribution in [0.15, 0.2) is 36.4 Å². The van der Waals surface area contributed by atoms with Crippen molar-refractivity contribution in [1.82, 2.24) is 20.4 Å². The van der Waals surface area contributed by atoms with Gasteiger partial charge in [-0.15, -0.1) is 10.2 Å². The van der Waals surface area contributed by atoms with Crippen molar-refractivity contribution in [3.05, 3.63) is 42.0 Å². The van der Waals surface area contributed by atoms with Crippen LogP contribution in [0.3, 0.4) is 0 Å². The van der Waals surface area contributed by atoms with E-state index in [9.17, 15) is 4.79 Å². The molecule has 1 aliphatic carbocycles. The van der Waals surface area contributed by atoms with Crippen LogP contribution in [-0.2, 0) is 4.79 Å². The molecule has 32 heavy (non-hydrogen) atoms. The molecule has 1 aliphatic heterocycles. The number of carbonyl (C=O) groups excluding carboxylic acids is 1. The number of amides is 1. The van der Waals surface area contributed by atoms with E-state index in [1.54, 1.807) is 0 Å². The normalized spacial score (nSPS) is 19.8. The maximum absolute atomic E-state index is 12.8. The molecule has 1 saturated carbocycles. The zero-order chi connectivity index (χ0) is 22.3. The third-order valence-electron chi connectivity index (χ3n) is 7.08. The van der Waals surface area contributed by atoms with Crippen LogP contribution >= 0.6 is 0 Å². The fraction of sp³-hybridized carbons (Fsp3) is 0.577. The van der Waals surface area contributed by atoms with Crippen molar-refractivity contribution in [1.29, 1.82) is 0 Å². The van der Waals surface area contributed by atoms with Crippen LogP contribution in [0.25, 0.3) is 11.3 Å². The summed E-state index contributed by atoms with van der Waals surface area (Å²) in [7, 11) is 2.20. The van der Waals surface area contributed by atoms with E-state index < -0.39 is 0 Å². The fourth-order valence-electron chi connectivity index (χ4n) is 4.98. The Morgan fingerprint density at radius 3 is 2.53 bits per heavy atom. The number of carbonyl (C=O) groups is 1. The molecule has 1 aromatic carbocycles. The predicted molar refractivity (Wildman–Crippen MR) is 130 cm³/mol. The number of nitrogens with one attached hydrogen (secondary N) is 1. The van der Waals surface area contributed by atoms with Crippen molar-refractivity contribution in [2.75, 3.05) is 38.1 Å². The SMILES string of the molecule is Cc1ccc(-c2ccc(N3CCC[C@@H](C(=O)NCCN(C)C4CCCCC4)C3)nn2)cc1. The first kappa shape index (κ1) is 22.7. The number of aromatic nitrogens is 2. The third-order valence-corrected chi connectivity index (χ3v) is 7.08. The van der Waals surface area contributed by atoms with E-state index in [4.69, 9.17) is 0 Å². The summed E-state index contributed by atoms with van der Waals surface area (Å²) in [5.74, 6) is 1.05. The molecule has 6 nitrogen and oxygen atoms in total. The van der Waals surface area contributed by atoms with Gasteiger partial charge in [-0.05, 0) is 51.8 Å². The molecule has 1 amide bonds. The first-order valence-electron chi connectivity index (χ1n) is 12.2. The van der Waals surface area contributed by atoms with Gasteiger partial charge in [0.2, 0.25) is 5.91 Å². The number of hydrogen-bond donors (Lipinski definition) is 1. The maximum atomic E-state index is 12.8. The van der Waals surface area contributed by atoms with Gasteiger partial charge >= 0.3 is 0 Å². The van der Waals surface area contributed by atoms with Crippen LogP contribution in [0.4, 0.5) is 5.82 Å². The number of anilines is 1. The summed E-state index contributed by atoms with van der Waals surface area (Å²) in [5.41, 5.74) is 3.18. The average molecular weight is 436 g/mol. The van der Waals surface area contributed by atoms with Gasteiger partial charge in [0.25, 0.3) is 0 Å². The van der Waals surface area contributed by atoms with Gasteiger partial charge in [0.15, 0.2) is 5.82 Å². The molecule has 1 saturated heterocycles. The number of piperidine rings is 1. The molecule has 0 radical (unpaired) electrons. The van der Waals surface area contributed by atoms with Gasteiger partial charge in [0, 0.05) is 37.8 Å². The van der Waals surface area contributed by atoms with Gasteiger partial charge in [-0.25, -0.2) is 0 Å². The second kappa shape index (κ2) is 10.9. The lowest BCUT2D eigenvalue weighted by atomic mass is 9.94.